The van der Waals surface area contributed by atoms with Crippen LogP contribution in [0.1, 0.15) is 22.7 Å². The molecule has 0 aliphatic rings. The summed E-state index contributed by atoms with van der Waals surface area (Å²) in [5.41, 5.74) is 2.24. The molecule has 0 fully saturated rings. The monoisotopic (exact) mass is 407 g/mol. The molecule has 154 valence electrons. The van der Waals surface area contributed by atoms with Crippen LogP contribution in [0, 0.1) is 5.82 Å². The standard InChI is InChI=1S/C24H22FNO4/c1-29-21-12-10-19(11-13-21)24(18-7-3-2-4-8-18)26-22(27)16-30-23(28)15-17-6-5-9-20(25)14-17/h2-14,24H,15-16H2,1H3,(H,26,27)/t24-/m1/s1. The summed E-state index contributed by atoms with van der Waals surface area (Å²) >= 11 is 0. The van der Waals surface area contributed by atoms with Crippen LogP contribution in [0.15, 0.2) is 78.9 Å². The Balaban J connectivity index is 1.63. The van der Waals surface area contributed by atoms with E-state index in [9.17, 15) is 14.0 Å². The van der Waals surface area contributed by atoms with Gasteiger partial charge in [0, 0.05) is 0 Å². The molecule has 5 nitrogen and oxygen atoms in total. The van der Waals surface area contributed by atoms with Crippen molar-refractivity contribution >= 4 is 11.9 Å². The molecule has 0 radical (unpaired) electrons. The van der Waals surface area contributed by atoms with E-state index in [-0.39, 0.29) is 6.42 Å². The summed E-state index contributed by atoms with van der Waals surface area (Å²) < 4.78 is 23.5. The summed E-state index contributed by atoms with van der Waals surface area (Å²) in [6.07, 6.45) is -0.106. The summed E-state index contributed by atoms with van der Waals surface area (Å²) in [5.74, 6) is -0.755. The maximum Gasteiger partial charge on any atom is 0.310 e. The highest BCUT2D eigenvalue weighted by molar-refractivity contribution is 5.81. The van der Waals surface area contributed by atoms with Crippen molar-refractivity contribution in [1.29, 1.82) is 0 Å². The molecule has 30 heavy (non-hydrogen) atoms. The SMILES string of the molecule is COc1ccc([C@H](NC(=O)COC(=O)Cc2cccc(F)c2)c2ccccc2)cc1. The Bertz CT molecular complexity index is 990. The Kier molecular flexibility index (Phi) is 7.16. The highest BCUT2D eigenvalue weighted by atomic mass is 19.1. The number of hydrogen-bond donors (Lipinski definition) is 1. The first-order chi connectivity index (χ1) is 14.5. The number of esters is 1. The molecular formula is C24H22FNO4. The lowest BCUT2D eigenvalue weighted by Crippen LogP contribution is -2.33. The molecule has 3 aromatic rings. The van der Waals surface area contributed by atoms with Gasteiger partial charge in [-0.25, -0.2) is 4.39 Å². The molecule has 0 heterocycles. The highest BCUT2D eigenvalue weighted by Crippen LogP contribution is 2.24. The van der Waals surface area contributed by atoms with E-state index in [0.717, 1.165) is 11.1 Å². The van der Waals surface area contributed by atoms with Crippen LogP contribution in [0.5, 0.6) is 5.75 Å². The van der Waals surface area contributed by atoms with E-state index in [4.69, 9.17) is 9.47 Å². The van der Waals surface area contributed by atoms with Gasteiger partial charge in [-0.2, -0.15) is 0 Å². The molecule has 0 aliphatic carbocycles. The van der Waals surface area contributed by atoms with Crippen LogP contribution in [0.3, 0.4) is 0 Å². The van der Waals surface area contributed by atoms with Crippen LogP contribution in [-0.2, 0) is 20.7 Å². The Labute approximate surface area is 174 Å². The zero-order chi connectivity index (χ0) is 21.3. The summed E-state index contributed by atoms with van der Waals surface area (Å²) in [5, 5.41) is 2.90. The minimum Gasteiger partial charge on any atom is -0.497 e. The zero-order valence-electron chi connectivity index (χ0n) is 16.5. The second kappa shape index (κ2) is 10.2. The molecule has 0 aromatic heterocycles. The summed E-state index contributed by atoms with van der Waals surface area (Å²) in [7, 11) is 1.59. The molecule has 0 unspecified atom stereocenters. The van der Waals surface area contributed by atoms with Gasteiger partial charge in [0.05, 0.1) is 19.6 Å². The van der Waals surface area contributed by atoms with Crippen molar-refractivity contribution in [3.05, 3.63) is 101 Å². The lowest BCUT2D eigenvalue weighted by Gasteiger charge is -2.20. The number of carbonyl (C=O) groups is 2. The van der Waals surface area contributed by atoms with Crippen LogP contribution in [-0.4, -0.2) is 25.6 Å². The third-order valence-corrected chi connectivity index (χ3v) is 4.49. The van der Waals surface area contributed by atoms with E-state index >= 15 is 0 Å². The number of hydrogen-bond acceptors (Lipinski definition) is 4. The fourth-order valence-electron chi connectivity index (χ4n) is 3.01. The number of nitrogens with one attached hydrogen (secondary N) is 1. The number of amides is 1. The molecule has 3 aromatic carbocycles. The number of rotatable bonds is 8. The number of carbonyl (C=O) groups excluding carboxylic acids is 2. The van der Waals surface area contributed by atoms with Gasteiger partial charge in [-0.3, -0.25) is 9.59 Å². The fraction of sp³-hybridized carbons (Fsp3) is 0.167. The molecule has 0 saturated heterocycles. The Morgan fingerprint density at radius 2 is 1.63 bits per heavy atom. The molecule has 1 N–H and O–H groups in total. The van der Waals surface area contributed by atoms with Gasteiger partial charge in [0.2, 0.25) is 0 Å². The van der Waals surface area contributed by atoms with Crippen molar-refractivity contribution in [1.82, 2.24) is 5.32 Å². The first-order valence-corrected chi connectivity index (χ1v) is 9.43. The minimum atomic E-state index is -0.601. The summed E-state index contributed by atoms with van der Waals surface area (Å²) in [6.45, 7) is -0.423. The minimum absolute atomic E-state index is 0.106. The van der Waals surface area contributed by atoms with Crippen molar-refractivity contribution in [2.75, 3.05) is 13.7 Å². The normalized spacial score (nSPS) is 11.4. The Morgan fingerprint density at radius 1 is 0.933 bits per heavy atom. The van der Waals surface area contributed by atoms with Gasteiger partial charge in [0.25, 0.3) is 5.91 Å². The van der Waals surface area contributed by atoms with Crippen LogP contribution in [0.4, 0.5) is 4.39 Å². The van der Waals surface area contributed by atoms with Crippen molar-refractivity contribution in [3.8, 4) is 5.75 Å². The van der Waals surface area contributed by atoms with Crippen molar-refractivity contribution in [2.45, 2.75) is 12.5 Å². The molecule has 3 rings (SSSR count). The summed E-state index contributed by atoms with van der Waals surface area (Å²) in [6, 6.07) is 22.1. The van der Waals surface area contributed by atoms with Gasteiger partial charge in [-0.15, -0.1) is 0 Å². The van der Waals surface area contributed by atoms with Crippen molar-refractivity contribution in [2.24, 2.45) is 0 Å². The average Bonchev–Trinajstić information content (AvgIpc) is 2.77. The van der Waals surface area contributed by atoms with Crippen LogP contribution in [0.2, 0.25) is 0 Å². The van der Waals surface area contributed by atoms with E-state index in [1.165, 1.54) is 18.2 Å². The maximum absolute atomic E-state index is 13.2. The van der Waals surface area contributed by atoms with E-state index in [2.05, 4.69) is 5.32 Å². The lowest BCUT2D eigenvalue weighted by atomic mass is 9.98. The van der Waals surface area contributed by atoms with E-state index in [1.54, 1.807) is 13.2 Å². The number of benzene rings is 3. The third-order valence-electron chi connectivity index (χ3n) is 4.49. The van der Waals surface area contributed by atoms with Gasteiger partial charge >= 0.3 is 5.97 Å². The van der Waals surface area contributed by atoms with Gasteiger partial charge in [0.1, 0.15) is 11.6 Å². The third kappa shape index (κ3) is 5.91. The first-order valence-electron chi connectivity index (χ1n) is 9.43. The summed E-state index contributed by atoms with van der Waals surface area (Å²) in [4.78, 5) is 24.4. The van der Waals surface area contributed by atoms with Gasteiger partial charge < -0.3 is 14.8 Å². The Morgan fingerprint density at radius 3 is 2.30 bits per heavy atom. The molecule has 0 spiro atoms. The second-order valence-electron chi connectivity index (χ2n) is 6.65. The first kappa shape index (κ1) is 21.0. The van der Waals surface area contributed by atoms with Gasteiger partial charge in [-0.1, -0.05) is 54.6 Å². The van der Waals surface area contributed by atoms with E-state index < -0.39 is 30.3 Å². The maximum atomic E-state index is 13.2. The smallest absolute Gasteiger partial charge is 0.310 e. The Hall–Kier alpha value is -3.67. The van der Waals surface area contributed by atoms with Crippen LogP contribution in [0.25, 0.3) is 0 Å². The largest absolute Gasteiger partial charge is 0.497 e. The van der Waals surface area contributed by atoms with Crippen molar-refractivity contribution in [3.63, 3.8) is 0 Å². The predicted octanol–water partition coefficient (Wildman–Crippen LogP) is 3.83. The highest BCUT2D eigenvalue weighted by Gasteiger charge is 2.18. The van der Waals surface area contributed by atoms with E-state index in [1.807, 2.05) is 54.6 Å². The fourth-order valence-corrected chi connectivity index (χ4v) is 3.01. The predicted molar refractivity (Wildman–Crippen MR) is 110 cm³/mol. The van der Waals surface area contributed by atoms with Crippen LogP contribution >= 0.6 is 0 Å². The quantitative estimate of drug-likeness (QED) is 0.577. The molecule has 1 amide bonds. The second-order valence-corrected chi connectivity index (χ2v) is 6.65. The van der Waals surface area contributed by atoms with Crippen LogP contribution < -0.4 is 10.1 Å². The number of methoxy groups -OCH3 is 1. The lowest BCUT2D eigenvalue weighted by molar-refractivity contribution is -0.148. The van der Waals surface area contributed by atoms with Gasteiger partial charge in [0.15, 0.2) is 6.61 Å². The van der Waals surface area contributed by atoms with E-state index in [0.29, 0.717) is 11.3 Å². The molecule has 1 atom stereocenters. The number of ether oxygens (including phenoxy) is 2. The molecule has 0 bridgehead atoms. The molecular weight excluding hydrogens is 385 g/mol. The number of halogens is 1. The molecule has 0 aliphatic heterocycles. The van der Waals surface area contributed by atoms with Gasteiger partial charge in [-0.05, 0) is 41.0 Å². The molecule has 0 saturated carbocycles. The topological polar surface area (TPSA) is 64.6 Å². The zero-order valence-corrected chi connectivity index (χ0v) is 16.5. The van der Waals surface area contributed by atoms with Crippen molar-refractivity contribution < 1.29 is 23.5 Å². The average molecular weight is 407 g/mol. The molecule has 6 heteroatoms.